The Morgan fingerprint density at radius 2 is 1.95 bits per heavy atom. The Labute approximate surface area is 127 Å². The van der Waals surface area contributed by atoms with Gasteiger partial charge in [0, 0.05) is 25.7 Å². The van der Waals surface area contributed by atoms with Crippen LogP contribution in [0.1, 0.15) is 32.6 Å². The minimum atomic E-state index is -3.47. The van der Waals surface area contributed by atoms with Crippen molar-refractivity contribution >= 4 is 15.7 Å². The zero-order chi connectivity index (χ0) is 15.3. The molecule has 1 fully saturated rings. The summed E-state index contributed by atoms with van der Waals surface area (Å²) in [6.07, 6.45) is 4.62. The van der Waals surface area contributed by atoms with E-state index in [-0.39, 0.29) is 0 Å². The van der Waals surface area contributed by atoms with E-state index in [1.807, 2.05) is 12.1 Å². The summed E-state index contributed by atoms with van der Waals surface area (Å²) in [5.74, 6) is 0. The van der Waals surface area contributed by atoms with Crippen molar-refractivity contribution < 1.29 is 8.42 Å². The summed E-state index contributed by atoms with van der Waals surface area (Å²) in [7, 11) is -3.47. The van der Waals surface area contributed by atoms with Gasteiger partial charge in [-0.05, 0) is 25.0 Å². The van der Waals surface area contributed by atoms with Crippen LogP contribution in [0.25, 0.3) is 0 Å². The van der Waals surface area contributed by atoms with Gasteiger partial charge in [0.05, 0.1) is 5.69 Å². The third-order valence-corrected chi connectivity index (χ3v) is 5.53. The molecular weight excluding hydrogens is 286 g/mol. The molecule has 0 aromatic heterocycles. The van der Waals surface area contributed by atoms with E-state index in [1.54, 1.807) is 19.1 Å². The Morgan fingerprint density at radius 1 is 1.29 bits per heavy atom. The maximum atomic E-state index is 12.4. The molecule has 1 aromatic rings. The van der Waals surface area contributed by atoms with Gasteiger partial charge in [-0.3, -0.25) is 0 Å². The molecule has 1 aliphatic rings. The zero-order valence-electron chi connectivity index (χ0n) is 12.6. The van der Waals surface area contributed by atoms with Gasteiger partial charge in [-0.25, -0.2) is 13.1 Å². The lowest BCUT2D eigenvalue weighted by Crippen LogP contribution is -2.38. The van der Waals surface area contributed by atoms with Gasteiger partial charge in [-0.15, -0.1) is 0 Å². The van der Waals surface area contributed by atoms with Crippen LogP contribution in [-0.4, -0.2) is 34.1 Å². The number of hydrogen-bond acceptors (Lipinski definition) is 4. The van der Waals surface area contributed by atoms with E-state index in [0.717, 1.165) is 18.5 Å². The number of para-hydroxylation sites is 1. The molecule has 21 heavy (non-hydrogen) atoms. The minimum Gasteiger partial charge on any atom is -0.366 e. The highest BCUT2D eigenvalue weighted by molar-refractivity contribution is 7.89. The third kappa shape index (κ3) is 3.75. The molecule has 0 bridgehead atoms. The van der Waals surface area contributed by atoms with E-state index in [4.69, 9.17) is 5.73 Å². The van der Waals surface area contributed by atoms with Gasteiger partial charge < -0.3 is 10.6 Å². The molecule has 1 saturated carbocycles. The number of sulfonamides is 1. The standard InChI is InChI=1S/C15H25N3O2S/c1-2-17-21(19,20)15-10-6-5-9-14(15)18(12-11-16)13-7-3-4-8-13/h5-6,9-10,13,17H,2-4,7-8,11-12,16H2,1H3. The molecule has 1 aromatic carbocycles. The molecule has 0 unspecified atom stereocenters. The van der Waals surface area contributed by atoms with Crippen LogP contribution in [0.4, 0.5) is 5.69 Å². The predicted molar refractivity (Wildman–Crippen MR) is 86.0 cm³/mol. The lowest BCUT2D eigenvalue weighted by atomic mass is 10.1. The summed E-state index contributed by atoms with van der Waals surface area (Å²) >= 11 is 0. The van der Waals surface area contributed by atoms with Gasteiger partial charge in [0.25, 0.3) is 0 Å². The lowest BCUT2D eigenvalue weighted by molar-refractivity contribution is 0.578. The van der Waals surface area contributed by atoms with Crippen LogP contribution in [0.5, 0.6) is 0 Å². The van der Waals surface area contributed by atoms with E-state index >= 15 is 0 Å². The number of anilines is 1. The lowest BCUT2D eigenvalue weighted by Gasteiger charge is -2.32. The van der Waals surface area contributed by atoms with Crippen molar-refractivity contribution in [2.24, 2.45) is 5.73 Å². The first-order valence-corrected chi connectivity index (χ1v) is 9.14. The van der Waals surface area contributed by atoms with Gasteiger partial charge >= 0.3 is 0 Å². The third-order valence-electron chi connectivity index (χ3n) is 3.93. The molecule has 5 nitrogen and oxygen atoms in total. The Morgan fingerprint density at radius 3 is 2.57 bits per heavy atom. The fourth-order valence-electron chi connectivity index (χ4n) is 3.04. The molecule has 2 rings (SSSR count). The average Bonchev–Trinajstić information content (AvgIpc) is 2.98. The van der Waals surface area contributed by atoms with Gasteiger partial charge in [0.2, 0.25) is 10.0 Å². The van der Waals surface area contributed by atoms with E-state index in [0.29, 0.717) is 30.6 Å². The summed E-state index contributed by atoms with van der Waals surface area (Å²) in [4.78, 5) is 2.53. The van der Waals surface area contributed by atoms with Gasteiger partial charge in [0.15, 0.2) is 0 Å². The maximum Gasteiger partial charge on any atom is 0.242 e. The van der Waals surface area contributed by atoms with Crippen molar-refractivity contribution in [3.05, 3.63) is 24.3 Å². The van der Waals surface area contributed by atoms with Crippen LogP contribution < -0.4 is 15.4 Å². The van der Waals surface area contributed by atoms with Crippen LogP contribution in [0.3, 0.4) is 0 Å². The summed E-state index contributed by atoms with van der Waals surface area (Å²) in [5.41, 5.74) is 6.52. The molecular formula is C15H25N3O2S. The van der Waals surface area contributed by atoms with E-state index in [2.05, 4.69) is 9.62 Å². The van der Waals surface area contributed by atoms with Crippen LogP contribution in [-0.2, 0) is 10.0 Å². The first-order chi connectivity index (χ1) is 10.1. The second-order valence-electron chi connectivity index (χ2n) is 5.39. The molecule has 118 valence electrons. The van der Waals surface area contributed by atoms with Crippen molar-refractivity contribution in [1.82, 2.24) is 4.72 Å². The van der Waals surface area contributed by atoms with Gasteiger partial charge in [0.1, 0.15) is 4.90 Å². The summed E-state index contributed by atoms with van der Waals surface area (Å²) in [6, 6.07) is 7.61. The van der Waals surface area contributed by atoms with E-state index in [9.17, 15) is 8.42 Å². The zero-order valence-corrected chi connectivity index (χ0v) is 13.4. The molecule has 1 aliphatic carbocycles. The highest BCUT2D eigenvalue weighted by Gasteiger charge is 2.27. The van der Waals surface area contributed by atoms with Crippen molar-refractivity contribution in [1.29, 1.82) is 0 Å². The van der Waals surface area contributed by atoms with Crippen molar-refractivity contribution in [3.63, 3.8) is 0 Å². The Bertz CT molecular complexity index is 554. The number of rotatable bonds is 7. The van der Waals surface area contributed by atoms with Crippen molar-refractivity contribution in [2.45, 2.75) is 43.5 Å². The van der Waals surface area contributed by atoms with Crippen LogP contribution >= 0.6 is 0 Å². The molecule has 6 heteroatoms. The fourth-order valence-corrected chi connectivity index (χ4v) is 4.30. The van der Waals surface area contributed by atoms with Crippen LogP contribution in [0.2, 0.25) is 0 Å². The summed E-state index contributed by atoms with van der Waals surface area (Å²) in [6.45, 7) is 3.38. The molecule has 0 saturated heterocycles. The second-order valence-corrected chi connectivity index (χ2v) is 7.12. The summed E-state index contributed by atoms with van der Waals surface area (Å²) < 4.78 is 27.4. The van der Waals surface area contributed by atoms with Gasteiger partial charge in [-0.1, -0.05) is 31.9 Å². The number of hydrogen-bond donors (Lipinski definition) is 2. The highest BCUT2D eigenvalue weighted by atomic mass is 32.2. The predicted octanol–water partition coefficient (Wildman–Crippen LogP) is 1.69. The summed E-state index contributed by atoms with van der Waals surface area (Å²) in [5, 5.41) is 0. The molecule has 0 heterocycles. The Hall–Kier alpha value is -1.11. The molecule has 0 atom stereocenters. The fraction of sp³-hybridized carbons (Fsp3) is 0.600. The van der Waals surface area contributed by atoms with Crippen LogP contribution in [0, 0.1) is 0 Å². The van der Waals surface area contributed by atoms with Crippen molar-refractivity contribution in [2.75, 3.05) is 24.5 Å². The maximum absolute atomic E-state index is 12.4. The minimum absolute atomic E-state index is 0.354. The largest absolute Gasteiger partial charge is 0.366 e. The monoisotopic (exact) mass is 311 g/mol. The Kier molecular flexibility index (Phi) is 5.61. The Balaban J connectivity index is 2.40. The normalized spacial score (nSPS) is 16.3. The quantitative estimate of drug-likeness (QED) is 0.803. The molecule has 0 spiro atoms. The average molecular weight is 311 g/mol. The highest BCUT2D eigenvalue weighted by Crippen LogP contribution is 2.32. The number of benzene rings is 1. The van der Waals surface area contributed by atoms with Gasteiger partial charge in [-0.2, -0.15) is 0 Å². The van der Waals surface area contributed by atoms with Crippen molar-refractivity contribution in [3.8, 4) is 0 Å². The molecule has 0 aliphatic heterocycles. The SMILES string of the molecule is CCNS(=O)(=O)c1ccccc1N(CCN)C1CCCC1. The van der Waals surface area contributed by atoms with E-state index in [1.165, 1.54) is 12.8 Å². The molecule has 0 amide bonds. The smallest absolute Gasteiger partial charge is 0.242 e. The topological polar surface area (TPSA) is 75.4 Å². The molecule has 0 radical (unpaired) electrons. The first-order valence-electron chi connectivity index (χ1n) is 7.65. The van der Waals surface area contributed by atoms with E-state index < -0.39 is 10.0 Å². The molecule has 3 N–H and O–H groups in total. The van der Waals surface area contributed by atoms with Crippen LogP contribution in [0.15, 0.2) is 29.2 Å². The number of nitrogens with one attached hydrogen (secondary N) is 1. The second kappa shape index (κ2) is 7.24. The first kappa shape index (κ1) is 16.3. The number of nitrogens with two attached hydrogens (primary N) is 1. The number of nitrogens with zero attached hydrogens (tertiary/aromatic N) is 1.